The van der Waals surface area contributed by atoms with E-state index in [9.17, 15) is 0 Å². The number of hydrogen-bond acceptors (Lipinski definition) is 8. The highest BCUT2D eigenvalue weighted by molar-refractivity contribution is 9.17. The first kappa shape index (κ1) is 20.8. The Labute approximate surface area is 134 Å². The van der Waals surface area contributed by atoms with Gasteiger partial charge in [-0.3, -0.25) is 0 Å². The lowest BCUT2D eigenvalue weighted by Crippen LogP contribution is -2.00. The zero-order valence-corrected chi connectivity index (χ0v) is 16.9. The molecule has 0 heterocycles. The maximum atomic E-state index is 5.74. The summed E-state index contributed by atoms with van der Waals surface area (Å²) < 4.78 is 22.4. The molecule has 4 nitrogen and oxygen atoms in total. The number of rotatable bonds is 11. The Morgan fingerprint density at radius 1 is 0.842 bits per heavy atom. The van der Waals surface area contributed by atoms with E-state index in [-0.39, 0.29) is 6.10 Å². The first-order chi connectivity index (χ1) is 8.81. The van der Waals surface area contributed by atoms with Crippen LogP contribution in [-0.2, 0) is 41.7 Å². The van der Waals surface area contributed by atoms with Crippen molar-refractivity contribution in [1.82, 2.24) is 0 Å². The van der Waals surface area contributed by atoms with Gasteiger partial charge in [0.25, 0.3) is 11.4 Å². The van der Waals surface area contributed by atoms with Crippen molar-refractivity contribution >= 4 is 55.8 Å². The van der Waals surface area contributed by atoms with E-state index >= 15 is 0 Å². The van der Waals surface area contributed by atoms with E-state index in [4.69, 9.17) is 41.7 Å². The molecule has 10 heteroatoms. The van der Waals surface area contributed by atoms with Crippen molar-refractivity contribution in [2.45, 2.75) is 40.7 Å². The van der Waals surface area contributed by atoms with Crippen LogP contribution in [0.5, 0.6) is 0 Å². The van der Waals surface area contributed by atoms with Crippen LogP contribution in [0.4, 0.5) is 0 Å². The fourth-order valence-corrected chi connectivity index (χ4v) is 18.6. The summed E-state index contributed by atoms with van der Waals surface area (Å²) >= 11 is 10.9. The van der Waals surface area contributed by atoms with E-state index in [1.165, 1.54) is 20.8 Å². The largest absolute Gasteiger partial charge is 0.321 e. The Kier molecular flexibility index (Phi) is 11.6. The van der Waals surface area contributed by atoms with Gasteiger partial charge < -0.3 is 18.1 Å². The molecule has 19 heavy (non-hydrogen) atoms. The molecule has 0 aromatic carbocycles. The molecule has 1 unspecified atom stereocenters. The summed E-state index contributed by atoms with van der Waals surface area (Å²) in [6, 6.07) is 0. The summed E-state index contributed by atoms with van der Waals surface area (Å²) in [7, 11) is 2.71. The van der Waals surface area contributed by atoms with Crippen molar-refractivity contribution in [3.05, 3.63) is 0 Å². The lowest BCUT2D eigenvalue weighted by molar-refractivity contribution is 0.220. The predicted octanol–water partition coefficient (Wildman–Crippen LogP) is 5.35. The van der Waals surface area contributed by atoms with Gasteiger partial charge in [-0.2, -0.15) is 0 Å². The molecule has 0 aromatic rings. The molecular weight excluding hydrogens is 362 g/mol. The van der Waals surface area contributed by atoms with Gasteiger partial charge in [-0.05, 0) is 58.2 Å². The summed E-state index contributed by atoms with van der Waals surface area (Å²) in [6.45, 7) is 11.1. The molecule has 0 saturated carbocycles. The van der Waals surface area contributed by atoms with Gasteiger partial charge in [0, 0.05) is 20.8 Å². The molecule has 0 aliphatic carbocycles. The van der Waals surface area contributed by atoms with Crippen LogP contribution in [0.3, 0.4) is 0 Å². The van der Waals surface area contributed by atoms with E-state index in [2.05, 4.69) is 0 Å². The summed E-state index contributed by atoms with van der Waals surface area (Å²) in [5.74, 6) is 0. The lowest BCUT2D eigenvalue weighted by atomic mass is 10.5. The van der Waals surface area contributed by atoms with Gasteiger partial charge in [0.1, 0.15) is 0 Å². The van der Waals surface area contributed by atoms with Crippen molar-refractivity contribution in [2.24, 2.45) is 0 Å². The van der Waals surface area contributed by atoms with E-state index in [0.29, 0.717) is 19.8 Å². The summed E-state index contributed by atoms with van der Waals surface area (Å²) in [5, 5.41) is 0. The minimum Gasteiger partial charge on any atom is -0.321 e. The van der Waals surface area contributed by atoms with E-state index in [1.54, 1.807) is 0 Å². The Balaban J connectivity index is 4.67. The monoisotopic (exact) mass is 384 g/mol. The van der Waals surface area contributed by atoms with Gasteiger partial charge in [-0.1, -0.05) is 0 Å². The Morgan fingerprint density at radius 3 is 1.58 bits per heavy atom. The van der Waals surface area contributed by atoms with Gasteiger partial charge in [0.05, 0.1) is 25.9 Å². The van der Waals surface area contributed by atoms with E-state index in [0.717, 1.165) is 0 Å². The Bertz CT molecular complexity index is 330. The lowest BCUT2D eigenvalue weighted by Gasteiger charge is -2.25. The molecule has 0 aromatic heterocycles. The molecule has 0 aliphatic rings. The average Bonchev–Trinajstić information content (AvgIpc) is 2.27. The van der Waals surface area contributed by atoms with Crippen LogP contribution in [0.25, 0.3) is 0 Å². The molecule has 0 fully saturated rings. The molecule has 116 valence electrons. The second-order valence-electron chi connectivity index (χ2n) is 3.45. The molecule has 0 rings (SSSR count). The predicted molar refractivity (Wildman–Crippen MR) is 94.9 cm³/mol. The highest BCUT2D eigenvalue weighted by atomic mass is 33.5. The fraction of sp³-hybridized carbons (Fsp3) is 1.00. The molecule has 1 atom stereocenters. The molecule has 0 aliphatic heterocycles. The molecule has 0 N–H and O–H groups in total. The van der Waals surface area contributed by atoms with E-state index in [1.807, 2.05) is 34.6 Å². The van der Waals surface area contributed by atoms with Crippen molar-refractivity contribution < 1.29 is 18.1 Å². The standard InChI is InChI=1S/C9H22O4P2S4/c1-6-10-14(16,11-7-2)18-19-15(17,12-8-3)13-9(4)5/h9H,6-8H2,1-5H3. The van der Waals surface area contributed by atoms with Crippen LogP contribution in [0.15, 0.2) is 0 Å². The molecule has 0 spiro atoms. The van der Waals surface area contributed by atoms with Crippen LogP contribution in [-0.4, -0.2) is 25.9 Å². The maximum Gasteiger partial charge on any atom is 0.258 e. The maximum absolute atomic E-state index is 5.74. The molecular formula is C9H22O4P2S4. The topological polar surface area (TPSA) is 36.9 Å². The van der Waals surface area contributed by atoms with Gasteiger partial charge >= 0.3 is 0 Å². The summed E-state index contributed by atoms with van der Waals surface area (Å²) in [4.78, 5) is 0. The minimum absolute atomic E-state index is 0.0162. The highest BCUT2D eigenvalue weighted by Crippen LogP contribution is 2.77. The second kappa shape index (κ2) is 10.5. The van der Waals surface area contributed by atoms with Gasteiger partial charge in [-0.25, -0.2) is 0 Å². The molecule has 0 saturated heterocycles. The van der Waals surface area contributed by atoms with Crippen molar-refractivity contribution in [3.8, 4) is 0 Å². The highest BCUT2D eigenvalue weighted by Gasteiger charge is 2.28. The van der Waals surface area contributed by atoms with Crippen LogP contribution in [0, 0.1) is 0 Å². The first-order valence-electron chi connectivity index (χ1n) is 6.01. The van der Waals surface area contributed by atoms with Crippen molar-refractivity contribution in [2.75, 3.05) is 19.8 Å². The smallest absolute Gasteiger partial charge is 0.258 e. The zero-order chi connectivity index (χ0) is 14.9. The minimum atomic E-state index is -2.41. The summed E-state index contributed by atoms with van der Waals surface area (Å²) in [6.07, 6.45) is 0.0162. The van der Waals surface area contributed by atoms with Gasteiger partial charge in [0.15, 0.2) is 0 Å². The second-order valence-corrected chi connectivity index (χ2v) is 17.3. The third-order valence-electron chi connectivity index (χ3n) is 1.42. The van der Waals surface area contributed by atoms with Crippen molar-refractivity contribution in [1.29, 1.82) is 0 Å². The molecule has 0 amide bonds. The van der Waals surface area contributed by atoms with Crippen molar-refractivity contribution in [3.63, 3.8) is 0 Å². The molecule has 0 bridgehead atoms. The fourth-order valence-electron chi connectivity index (χ4n) is 0.964. The third kappa shape index (κ3) is 9.46. The average molecular weight is 384 g/mol. The third-order valence-corrected chi connectivity index (χ3v) is 16.9. The summed E-state index contributed by atoms with van der Waals surface area (Å²) in [5.41, 5.74) is -4.77. The van der Waals surface area contributed by atoms with Gasteiger partial charge in [-0.15, -0.1) is 0 Å². The van der Waals surface area contributed by atoms with E-state index < -0.39 is 11.4 Å². The molecule has 0 radical (unpaired) electrons. The van der Waals surface area contributed by atoms with Crippen LogP contribution in [0.1, 0.15) is 34.6 Å². The Hall–Kier alpha value is 1.84. The van der Waals surface area contributed by atoms with Crippen LogP contribution in [0.2, 0.25) is 0 Å². The zero-order valence-electron chi connectivity index (χ0n) is 11.9. The normalized spacial score (nSPS) is 15.7. The quantitative estimate of drug-likeness (QED) is 0.348. The van der Waals surface area contributed by atoms with Crippen LogP contribution >= 0.6 is 32.2 Å². The van der Waals surface area contributed by atoms with Gasteiger partial charge in [0.2, 0.25) is 0 Å². The van der Waals surface area contributed by atoms with Crippen LogP contribution < -0.4 is 0 Å². The SMILES string of the molecule is CCOP(=S)(OCC)SSP(=S)(OCC)OC(C)C. The first-order valence-corrected chi connectivity index (χ1v) is 14.6. The Morgan fingerprint density at radius 2 is 1.21 bits per heavy atom. The number of hydrogen-bond donors (Lipinski definition) is 0.